The summed E-state index contributed by atoms with van der Waals surface area (Å²) in [6, 6.07) is 12.6. The summed E-state index contributed by atoms with van der Waals surface area (Å²) in [6.45, 7) is 1.77. The summed E-state index contributed by atoms with van der Waals surface area (Å²) in [4.78, 5) is 12.9. The van der Waals surface area contributed by atoms with Gasteiger partial charge in [0.2, 0.25) is 0 Å². The van der Waals surface area contributed by atoms with Gasteiger partial charge in [-0.15, -0.1) is 0 Å². The minimum absolute atomic E-state index is 0.301. The lowest BCUT2D eigenvalue weighted by molar-refractivity contribution is -0.113. The van der Waals surface area contributed by atoms with Crippen molar-refractivity contribution in [1.29, 1.82) is 0 Å². The summed E-state index contributed by atoms with van der Waals surface area (Å²) in [5, 5.41) is 9.23. The average Bonchev–Trinajstić information content (AvgIpc) is 2.61. The summed E-state index contributed by atoms with van der Waals surface area (Å²) in [6.07, 6.45) is 0. The van der Waals surface area contributed by atoms with Crippen molar-refractivity contribution in [3.8, 4) is 5.75 Å². The lowest BCUT2D eigenvalue weighted by Gasteiger charge is -2.30. The van der Waals surface area contributed by atoms with Gasteiger partial charge in [0, 0.05) is 11.4 Å². The Bertz CT molecular complexity index is 881. The highest BCUT2D eigenvalue weighted by Crippen LogP contribution is 2.28. The number of thiocarbonyl (C=S) groups is 1. The van der Waals surface area contributed by atoms with Gasteiger partial charge in [0.1, 0.15) is 11.6 Å². The molecule has 3 N–H and O–H groups in total. The fourth-order valence-electron chi connectivity index (χ4n) is 2.80. The van der Waals surface area contributed by atoms with E-state index < -0.39 is 6.04 Å². The first kappa shape index (κ1) is 17.9. The SMILES string of the molecule is COc1ccc(NC(=O)C2=C(C)NC(=S)N[C@@H]2c2cccc(F)c2)cc1. The molecular formula is C19H18FN3O2S. The molecule has 0 saturated carbocycles. The molecule has 1 amide bonds. The maximum absolute atomic E-state index is 13.7. The number of hydrogen-bond acceptors (Lipinski definition) is 3. The zero-order chi connectivity index (χ0) is 18.7. The Hall–Kier alpha value is -2.93. The van der Waals surface area contributed by atoms with Gasteiger partial charge in [0.15, 0.2) is 5.11 Å². The van der Waals surface area contributed by atoms with Crippen LogP contribution in [0.3, 0.4) is 0 Å². The molecule has 1 aliphatic heterocycles. The first-order valence-electron chi connectivity index (χ1n) is 7.97. The molecule has 1 aliphatic rings. The topological polar surface area (TPSA) is 62.4 Å². The van der Waals surface area contributed by atoms with Gasteiger partial charge in [-0.2, -0.15) is 0 Å². The third kappa shape index (κ3) is 3.83. The second-order valence-corrected chi connectivity index (χ2v) is 6.22. The van der Waals surface area contributed by atoms with Crippen molar-refractivity contribution in [1.82, 2.24) is 10.6 Å². The quantitative estimate of drug-likeness (QED) is 0.720. The summed E-state index contributed by atoms with van der Waals surface area (Å²) in [5.41, 5.74) is 2.31. The maximum Gasteiger partial charge on any atom is 0.255 e. The average molecular weight is 371 g/mol. The third-order valence-electron chi connectivity index (χ3n) is 4.04. The van der Waals surface area contributed by atoms with Crippen LogP contribution >= 0.6 is 12.2 Å². The first-order chi connectivity index (χ1) is 12.5. The van der Waals surface area contributed by atoms with Gasteiger partial charge in [-0.25, -0.2) is 4.39 Å². The number of carbonyl (C=O) groups is 1. The fraction of sp³-hybridized carbons (Fsp3) is 0.158. The number of ether oxygens (including phenoxy) is 1. The lowest BCUT2D eigenvalue weighted by Crippen LogP contribution is -2.45. The molecule has 0 aliphatic carbocycles. The standard InChI is InChI=1S/C19H18FN3O2S/c1-11-16(18(24)22-14-6-8-15(25-2)9-7-14)17(23-19(26)21-11)12-4-3-5-13(20)10-12/h3-10,17H,1-2H3,(H,22,24)(H2,21,23,26)/t17-/m1/s1. The van der Waals surface area contributed by atoms with Crippen molar-refractivity contribution in [2.45, 2.75) is 13.0 Å². The number of allylic oxidation sites excluding steroid dienone is 1. The van der Waals surface area contributed by atoms with Crippen LogP contribution in [0.25, 0.3) is 0 Å². The highest BCUT2D eigenvalue weighted by Gasteiger charge is 2.30. The van der Waals surface area contributed by atoms with Crippen molar-refractivity contribution in [3.63, 3.8) is 0 Å². The van der Waals surface area contributed by atoms with Crippen molar-refractivity contribution in [3.05, 3.63) is 71.2 Å². The maximum atomic E-state index is 13.7. The van der Waals surface area contributed by atoms with Crippen molar-refractivity contribution >= 4 is 28.9 Å². The summed E-state index contributed by atoms with van der Waals surface area (Å²) >= 11 is 5.19. The van der Waals surface area contributed by atoms with Gasteiger partial charge in [0.25, 0.3) is 5.91 Å². The molecule has 0 radical (unpaired) electrons. The van der Waals surface area contributed by atoms with Crippen LogP contribution in [0.5, 0.6) is 5.75 Å². The summed E-state index contributed by atoms with van der Waals surface area (Å²) < 4.78 is 18.8. The normalized spacial score (nSPS) is 16.6. The molecule has 2 aromatic carbocycles. The minimum atomic E-state index is -0.544. The van der Waals surface area contributed by atoms with Gasteiger partial charge in [-0.05, 0) is 61.1 Å². The predicted octanol–water partition coefficient (Wildman–Crippen LogP) is 3.27. The van der Waals surface area contributed by atoms with Crippen molar-refractivity contribution in [2.24, 2.45) is 0 Å². The van der Waals surface area contributed by atoms with E-state index >= 15 is 0 Å². The number of nitrogens with one attached hydrogen (secondary N) is 3. The molecule has 134 valence electrons. The van der Waals surface area contributed by atoms with Gasteiger partial charge < -0.3 is 20.7 Å². The highest BCUT2D eigenvalue weighted by atomic mass is 32.1. The smallest absolute Gasteiger partial charge is 0.255 e. The Kier molecular flexibility index (Phi) is 5.18. The second-order valence-electron chi connectivity index (χ2n) is 5.81. The van der Waals surface area contributed by atoms with Crippen molar-refractivity contribution < 1.29 is 13.9 Å². The van der Waals surface area contributed by atoms with Crippen LogP contribution in [-0.2, 0) is 4.79 Å². The molecule has 1 atom stereocenters. The van der Waals surface area contributed by atoms with E-state index in [4.69, 9.17) is 17.0 Å². The Morgan fingerprint density at radius 3 is 2.62 bits per heavy atom. The molecule has 0 fully saturated rings. The van der Waals surface area contributed by atoms with E-state index in [9.17, 15) is 9.18 Å². The van der Waals surface area contributed by atoms with Crippen LogP contribution in [0.2, 0.25) is 0 Å². The number of rotatable bonds is 4. The Morgan fingerprint density at radius 1 is 1.23 bits per heavy atom. The number of halogens is 1. The largest absolute Gasteiger partial charge is 0.497 e. The van der Waals surface area contributed by atoms with Gasteiger partial charge in [-0.1, -0.05) is 12.1 Å². The molecule has 0 saturated heterocycles. The van der Waals surface area contributed by atoms with Gasteiger partial charge in [0.05, 0.1) is 18.7 Å². The van der Waals surface area contributed by atoms with Crippen molar-refractivity contribution in [2.75, 3.05) is 12.4 Å². The molecule has 0 bridgehead atoms. The summed E-state index contributed by atoms with van der Waals surface area (Å²) in [5.74, 6) is 0.0214. The number of carbonyl (C=O) groups excluding carboxylic acids is 1. The van der Waals surface area contributed by atoms with Crippen LogP contribution in [0.15, 0.2) is 59.8 Å². The van der Waals surface area contributed by atoms with E-state index in [2.05, 4.69) is 16.0 Å². The van der Waals surface area contributed by atoms with Crippen LogP contribution in [0.1, 0.15) is 18.5 Å². The molecule has 7 heteroatoms. The minimum Gasteiger partial charge on any atom is -0.497 e. The first-order valence-corrected chi connectivity index (χ1v) is 8.38. The summed E-state index contributed by atoms with van der Waals surface area (Å²) in [7, 11) is 1.58. The van der Waals surface area contributed by atoms with E-state index in [1.165, 1.54) is 12.1 Å². The van der Waals surface area contributed by atoms with Crippen LogP contribution in [0, 0.1) is 5.82 Å². The van der Waals surface area contributed by atoms with E-state index in [0.717, 1.165) is 0 Å². The molecule has 1 heterocycles. The number of benzene rings is 2. The zero-order valence-electron chi connectivity index (χ0n) is 14.3. The molecule has 26 heavy (non-hydrogen) atoms. The molecule has 5 nitrogen and oxygen atoms in total. The molecule has 0 unspecified atom stereocenters. The Morgan fingerprint density at radius 2 is 1.96 bits per heavy atom. The molecule has 3 rings (SSSR count). The van der Waals surface area contributed by atoms with Crippen LogP contribution in [0.4, 0.5) is 10.1 Å². The molecular weight excluding hydrogens is 353 g/mol. The number of amides is 1. The molecule has 2 aromatic rings. The van der Waals surface area contributed by atoms with E-state index in [0.29, 0.717) is 33.4 Å². The van der Waals surface area contributed by atoms with Gasteiger partial charge in [-0.3, -0.25) is 4.79 Å². The predicted molar refractivity (Wildman–Crippen MR) is 102 cm³/mol. The molecule has 0 aromatic heterocycles. The third-order valence-corrected chi connectivity index (χ3v) is 4.26. The van der Waals surface area contributed by atoms with Crippen LogP contribution in [-0.4, -0.2) is 18.1 Å². The van der Waals surface area contributed by atoms with E-state index in [-0.39, 0.29) is 11.7 Å². The number of hydrogen-bond donors (Lipinski definition) is 3. The van der Waals surface area contributed by atoms with Crippen LogP contribution < -0.4 is 20.7 Å². The zero-order valence-corrected chi connectivity index (χ0v) is 15.1. The van der Waals surface area contributed by atoms with E-state index in [1.54, 1.807) is 50.4 Å². The number of methoxy groups -OCH3 is 1. The second kappa shape index (κ2) is 7.53. The monoisotopic (exact) mass is 371 g/mol. The Balaban J connectivity index is 1.91. The number of anilines is 1. The fourth-order valence-corrected chi connectivity index (χ4v) is 3.07. The van der Waals surface area contributed by atoms with E-state index in [1.807, 2.05) is 0 Å². The lowest BCUT2D eigenvalue weighted by atomic mass is 9.95. The Labute approximate surface area is 156 Å². The molecule has 0 spiro atoms. The highest BCUT2D eigenvalue weighted by molar-refractivity contribution is 7.80. The van der Waals surface area contributed by atoms with Gasteiger partial charge >= 0.3 is 0 Å².